The van der Waals surface area contributed by atoms with Crippen molar-refractivity contribution in [2.75, 3.05) is 18.4 Å². The summed E-state index contributed by atoms with van der Waals surface area (Å²) in [7, 11) is 0. The molecule has 3 atom stereocenters. The van der Waals surface area contributed by atoms with Gasteiger partial charge in [-0.3, -0.25) is 14.6 Å². The van der Waals surface area contributed by atoms with Crippen LogP contribution in [-0.4, -0.2) is 33.5 Å². The average molecular weight is 420 g/mol. The lowest BCUT2D eigenvalue weighted by molar-refractivity contribution is -0.924. The van der Waals surface area contributed by atoms with Crippen LogP contribution < -0.4 is 15.8 Å². The zero-order valence-corrected chi connectivity index (χ0v) is 16.9. The van der Waals surface area contributed by atoms with Gasteiger partial charge < -0.3 is 14.8 Å². The zero-order chi connectivity index (χ0) is 21.4. The minimum Gasteiger partial charge on any atom is -0.330 e. The van der Waals surface area contributed by atoms with Crippen LogP contribution in [0.4, 0.5) is 10.1 Å². The maximum Gasteiger partial charge on any atom is 0.276 e. The van der Waals surface area contributed by atoms with E-state index in [1.165, 1.54) is 35.6 Å². The molecule has 158 valence electrons. The monoisotopic (exact) mass is 420 g/mol. The number of anilines is 1. The highest BCUT2D eigenvalue weighted by Gasteiger charge is 2.37. The first-order valence-corrected chi connectivity index (χ1v) is 10.5. The maximum atomic E-state index is 13.2. The van der Waals surface area contributed by atoms with Crippen LogP contribution >= 0.6 is 0 Å². The average Bonchev–Trinajstić information content (AvgIpc) is 2.78. The summed E-state index contributed by atoms with van der Waals surface area (Å²) in [6, 6.07) is 10.3. The van der Waals surface area contributed by atoms with Crippen molar-refractivity contribution in [2.24, 2.45) is 5.92 Å². The molecule has 2 aromatic heterocycles. The number of carbonyl (C=O) groups is 1. The molecule has 31 heavy (non-hydrogen) atoms. The minimum atomic E-state index is -0.448. The van der Waals surface area contributed by atoms with E-state index in [9.17, 15) is 14.0 Å². The number of carbonyl (C=O) groups excluding carboxylic acids is 1. The summed E-state index contributed by atoms with van der Waals surface area (Å²) in [5.74, 6) is 0.0205. The molecule has 7 nitrogen and oxygen atoms in total. The summed E-state index contributed by atoms with van der Waals surface area (Å²) in [6.07, 6.45) is 5.37. The summed E-state index contributed by atoms with van der Waals surface area (Å²) in [5.41, 5.74) is 2.40. The van der Waals surface area contributed by atoms with Gasteiger partial charge in [0.1, 0.15) is 23.7 Å². The fraction of sp³-hybridized carbons (Fsp3) is 0.304. The normalized spacial score (nSPS) is 21.9. The number of likely N-dealkylation sites (tertiary alicyclic amines) is 1. The van der Waals surface area contributed by atoms with Gasteiger partial charge in [-0.15, -0.1) is 0 Å². The second-order valence-corrected chi connectivity index (χ2v) is 8.39. The van der Waals surface area contributed by atoms with E-state index in [2.05, 4.69) is 15.3 Å². The molecule has 8 heteroatoms. The zero-order valence-electron chi connectivity index (χ0n) is 16.9. The van der Waals surface area contributed by atoms with Crippen molar-refractivity contribution < 1.29 is 14.1 Å². The minimum absolute atomic E-state index is 0.168. The number of quaternary nitrogens is 1. The number of piperidine rings is 1. The summed E-state index contributed by atoms with van der Waals surface area (Å²) < 4.78 is 15.0. The van der Waals surface area contributed by atoms with E-state index in [0.717, 1.165) is 37.3 Å². The predicted octanol–water partition coefficient (Wildman–Crippen LogP) is 1.23. The van der Waals surface area contributed by atoms with E-state index >= 15 is 0 Å². The Morgan fingerprint density at radius 3 is 2.77 bits per heavy atom. The first-order valence-electron chi connectivity index (χ1n) is 10.5. The lowest BCUT2D eigenvalue weighted by Crippen LogP contribution is -3.13. The lowest BCUT2D eigenvalue weighted by Gasteiger charge is -2.40. The van der Waals surface area contributed by atoms with Crippen LogP contribution in [0.3, 0.4) is 0 Å². The first kappa shape index (κ1) is 19.6. The Kier molecular flexibility index (Phi) is 5.07. The number of nitrogens with zero attached hydrogens (tertiary/aromatic N) is 3. The molecule has 2 aliphatic heterocycles. The number of halogens is 1. The molecule has 4 heterocycles. The third-order valence-corrected chi connectivity index (χ3v) is 6.21. The van der Waals surface area contributed by atoms with Gasteiger partial charge in [0.25, 0.3) is 11.5 Å². The number of hydrogen-bond acceptors (Lipinski definition) is 4. The predicted molar refractivity (Wildman–Crippen MR) is 112 cm³/mol. The van der Waals surface area contributed by atoms with Gasteiger partial charge in [0.15, 0.2) is 0 Å². The van der Waals surface area contributed by atoms with Gasteiger partial charge in [0.05, 0.1) is 19.3 Å². The fourth-order valence-corrected chi connectivity index (χ4v) is 4.90. The highest BCUT2D eigenvalue weighted by Crippen LogP contribution is 2.31. The number of pyridine rings is 1. The molecule has 0 aliphatic carbocycles. The standard InChI is InChI=1S/C23H22FN5O2/c24-18-3-1-15(2-4-18)11-28-12-16-9-17(14-28)21-6-5-19(23(31)29(21)13-16)27-22(30)20-10-25-7-8-26-20/h1-8,10,16-17H,9,11-14H2,(H,27,30)/p+1/t16-,17+/m0/s1. The molecule has 1 aromatic carbocycles. The van der Waals surface area contributed by atoms with Crippen LogP contribution in [0.1, 0.15) is 34.1 Å². The smallest absolute Gasteiger partial charge is 0.276 e. The highest BCUT2D eigenvalue weighted by atomic mass is 19.1. The Morgan fingerprint density at radius 2 is 2.00 bits per heavy atom. The van der Waals surface area contributed by atoms with Crippen LogP contribution in [0, 0.1) is 11.7 Å². The molecule has 1 saturated heterocycles. The van der Waals surface area contributed by atoms with Gasteiger partial charge in [0, 0.05) is 42.0 Å². The molecule has 1 unspecified atom stereocenters. The molecule has 0 radical (unpaired) electrons. The van der Waals surface area contributed by atoms with Crippen LogP contribution in [0.2, 0.25) is 0 Å². The van der Waals surface area contributed by atoms with E-state index in [4.69, 9.17) is 0 Å². The molecule has 2 bridgehead atoms. The molecule has 0 spiro atoms. The summed E-state index contributed by atoms with van der Waals surface area (Å²) in [6.45, 7) is 3.39. The molecular formula is C23H23FN5O2+. The largest absolute Gasteiger partial charge is 0.330 e. The second kappa shape index (κ2) is 8.03. The number of aromatic nitrogens is 3. The van der Waals surface area contributed by atoms with Gasteiger partial charge in [-0.1, -0.05) is 12.1 Å². The Hall–Kier alpha value is -3.39. The van der Waals surface area contributed by atoms with Crippen LogP contribution in [0.15, 0.2) is 59.8 Å². The van der Waals surface area contributed by atoms with Crippen LogP contribution in [0.25, 0.3) is 0 Å². The van der Waals surface area contributed by atoms with E-state index < -0.39 is 5.91 Å². The molecule has 5 rings (SSSR count). The molecule has 1 fully saturated rings. The van der Waals surface area contributed by atoms with Crippen molar-refractivity contribution in [3.8, 4) is 0 Å². The topological polar surface area (TPSA) is 81.3 Å². The SMILES string of the molecule is O=C(Nc1ccc2n(c1=O)C[C@H]1C[C@@H]2C[NH+](Cc2ccc(F)cc2)C1)c1cnccn1. The van der Waals surface area contributed by atoms with Crippen molar-refractivity contribution in [1.82, 2.24) is 14.5 Å². The fourth-order valence-electron chi connectivity index (χ4n) is 4.90. The molecular weight excluding hydrogens is 397 g/mol. The molecule has 3 aromatic rings. The highest BCUT2D eigenvalue weighted by molar-refractivity contribution is 6.02. The Balaban J connectivity index is 1.34. The Bertz CT molecular complexity index is 1160. The summed E-state index contributed by atoms with van der Waals surface area (Å²) in [4.78, 5) is 34.8. The van der Waals surface area contributed by atoms with Gasteiger partial charge >= 0.3 is 0 Å². The Labute approximate surface area is 178 Å². The second-order valence-electron chi connectivity index (χ2n) is 8.39. The van der Waals surface area contributed by atoms with E-state index in [1.807, 2.05) is 22.8 Å². The molecule has 2 N–H and O–H groups in total. The van der Waals surface area contributed by atoms with Gasteiger partial charge in [0.2, 0.25) is 0 Å². The van der Waals surface area contributed by atoms with Crippen molar-refractivity contribution in [3.05, 3.63) is 88.1 Å². The number of fused-ring (bicyclic) bond motifs is 4. The van der Waals surface area contributed by atoms with Crippen molar-refractivity contribution in [1.29, 1.82) is 0 Å². The van der Waals surface area contributed by atoms with Crippen molar-refractivity contribution >= 4 is 11.6 Å². The molecule has 1 amide bonds. The lowest BCUT2D eigenvalue weighted by atomic mass is 9.83. The summed E-state index contributed by atoms with van der Waals surface area (Å²) >= 11 is 0. The van der Waals surface area contributed by atoms with Gasteiger partial charge in [-0.05, 0) is 30.7 Å². The number of rotatable bonds is 4. The first-order chi connectivity index (χ1) is 15.1. The number of amides is 1. The van der Waals surface area contributed by atoms with E-state index in [1.54, 1.807) is 6.07 Å². The van der Waals surface area contributed by atoms with E-state index in [-0.39, 0.29) is 22.8 Å². The third-order valence-electron chi connectivity index (χ3n) is 6.21. The molecule has 2 aliphatic rings. The number of benzene rings is 1. The third kappa shape index (κ3) is 3.98. The Morgan fingerprint density at radius 1 is 1.16 bits per heavy atom. The quantitative estimate of drug-likeness (QED) is 0.665. The number of nitrogens with one attached hydrogen (secondary N) is 2. The van der Waals surface area contributed by atoms with Crippen LogP contribution in [-0.2, 0) is 13.1 Å². The van der Waals surface area contributed by atoms with Gasteiger partial charge in [-0.25, -0.2) is 9.37 Å². The van der Waals surface area contributed by atoms with Crippen molar-refractivity contribution in [2.45, 2.75) is 25.4 Å². The van der Waals surface area contributed by atoms with E-state index in [0.29, 0.717) is 18.4 Å². The van der Waals surface area contributed by atoms with Gasteiger partial charge in [-0.2, -0.15) is 0 Å². The number of hydrogen-bond donors (Lipinski definition) is 2. The van der Waals surface area contributed by atoms with Crippen LogP contribution in [0.5, 0.6) is 0 Å². The molecule has 0 saturated carbocycles. The van der Waals surface area contributed by atoms with Crippen molar-refractivity contribution in [3.63, 3.8) is 0 Å². The summed E-state index contributed by atoms with van der Waals surface area (Å²) in [5, 5.41) is 2.68. The maximum absolute atomic E-state index is 13.2.